The molecule has 4 nitrogen and oxygen atoms in total. The first kappa shape index (κ1) is 15.5. The molecule has 2 N–H and O–H groups in total. The monoisotopic (exact) mass is 332 g/mol. The van der Waals surface area contributed by atoms with Gasteiger partial charge in [0.05, 0.1) is 11.7 Å². The molecule has 1 aliphatic rings. The predicted molar refractivity (Wildman–Crippen MR) is 98.9 cm³/mol. The van der Waals surface area contributed by atoms with E-state index >= 15 is 0 Å². The second-order valence-corrected chi connectivity index (χ2v) is 6.08. The standard InChI is InChI=1S/C21H20N2O2/c24-18-10-6-16(7-11-18)21-14-15-22-23(21)17-8-12-20(13-9-17)25-19-4-2-1-3-5-19/h1-13,21-22,24H,14-15H2. The number of rotatable bonds is 4. The zero-order valence-corrected chi connectivity index (χ0v) is 13.8. The molecular formula is C21H20N2O2. The van der Waals surface area contributed by atoms with Gasteiger partial charge in [-0.15, -0.1) is 0 Å². The van der Waals surface area contributed by atoms with Crippen LogP contribution >= 0.6 is 0 Å². The Morgan fingerprint density at radius 3 is 2.24 bits per heavy atom. The Morgan fingerprint density at radius 2 is 1.52 bits per heavy atom. The predicted octanol–water partition coefficient (Wildman–Crippen LogP) is 4.64. The maximum atomic E-state index is 9.49. The topological polar surface area (TPSA) is 44.7 Å². The molecule has 4 heteroatoms. The van der Waals surface area contributed by atoms with Crippen LogP contribution in [0.3, 0.4) is 0 Å². The second kappa shape index (κ2) is 6.87. The molecule has 0 spiro atoms. The maximum absolute atomic E-state index is 9.49. The number of phenols is 1. The smallest absolute Gasteiger partial charge is 0.127 e. The minimum atomic E-state index is 0.251. The molecule has 1 fully saturated rings. The summed E-state index contributed by atoms with van der Waals surface area (Å²) in [5.41, 5.74) is 5.72. The van der Waals surface area contributed by atoms with Crippen molar-refractivity contribution in [2.24, 2.45) is 0 Å². The van der Waals surface area contributed by atoms with Gasteiger partial charge in [-0.1, -0.05) is 30.3 Å². The molecule has 0 amide bonds. The van der Waals surface area contributed by atoms with Crippen LogP contribution in [0.25, 0.3) is 0 Å². The number of ether oxygens (including phenoxy) is 1. The molecule has 0 radical (unpaired) electrons. The first-order chi connectivity index (χ1) is 12.3. The molecule has 0 aromatic heterocycles. The van der Waals surface area contributed by atoms with Crippen molar-refractivity contribution in [3.05, 3.63) is 84.4 Å². The van der Waals surface area contributed by atoms with Crippen molar-refractivity contribution in [1.29, 1.82) is 0 Å². The van der Waals surface area contributed by atoms with Gasteiger partial charge >= 0.3 is 0 Å². The fraction of sp³-hybridized carbons (Fsp3) is 0.143. The van der Waals surface area contributed by atoms with Crippen LogP contribution in [0, 0.1) is 0 Å². The Labute approximate surface area is 147 Å². The van der Waals surface area contributed by atoms with Gasteiger partial charge in [-0.2, -0.15) is 0 Å². The molecule has 126 valence electrons. The van der Waals surface area contributed by atoms with Crippen molar-refractivity contribution in [2.45, 2.75) is 12.5 Å². The summed E-state index contributed by atoms with van der Waals surface area (Å²) in [7, 11) is 0. The number of para-hydroxylation sites is 1. The summed E-state index contributed by atoms with van der Waals surface area (Å²) in [5.74, 6) is 1.94. The van der Waals surface area contributed by atoms with Crippen LogP contribution in [-0.2, 0) is 0 Å². The van der Waals surface area contributed by atoms with E-state index in [9.17, 15) is 5.11 Å². The SMILES string of the molecule is Oc1ccc(C2CCNN2c2ccc(Oc3ccccc3)cc2)cc1. The number of nitrogens with one attached hydrogen (secondary N) is 1. The Hall–Kier alpha value is -2.98. The van der Waals surface area contributed by atoms with E-state index in [0.29, 0.717) is 5.75 Å². The number of hydrogen-bond donors (Lipinski definition) is 2. The first-order valence-corrected chi connectivity index (χ1v) is 8.44. The molecule has 0 saturated carbocycles. The highest BCUT2D eigenvalue weighted by Gasteiger charge is 2.26. The molecule has 1 atom stereocenters. The number of nitrogens with zero attached hydrogens (tertiary/aromatic N) is 1. The van der Waals surface area contributed by atoms with Gasteiger partial charge in [0.2, 0.25) is 0 Å². The summed E-state index contributed by atoms with van der Waals surface area (Å²) in [6.07, 6.45) is 1.02. The van der Waals surface area contributed by atoms with E-state index in [1.807, 2.05) is 54.6 Å². The number of anilines is 1. The fourth-order valence-electron chi connectivity index (χ4n) is 3.14. The van der Waals surface area contributed by atoms with E-state index in [4.69, 9.17) is 4.74 Å². The van der Waals surface area contributed by atoms with Crippen molar-refractivity contribution >= 4 is 5.69 Å². The molecule has 3 aromatic carbocycles. The quantitative estimate of drug-likeness (QED) is 0.730. The highest BCUT2D eigenvalue weighted by Crippen LogP contribution is 2.33. The highest BCUT2D eigenvalue weighted by atomic mass is 16.5. The molecular weight excluding hydrogens is 312 g/mol. The normalized spacial score (nSPS) is 16.8. The summed E-state index contributed by atoms with van der Waals surface area (Å²) in [5, 5.41) is 11.7. The lowest BCUT2D eigenvalue weighted by Crippen LogP contribution is -2.32. The molecule has 1 aliphatic heterocycles. The zero-order chi connectivity index (χ0) is 17.1. The third-order valence-electron chi connectivity index (χ3n) is 4.38. The third kappa shape index (κ3) is 3.44. The van der Waals surface area contributed by atoms with Crippen molar-refractivity contribution in [3.63, 3.8) is 0 Å². The van der Waals surface area contributed by atoms with Gasteiger partial charge in [0.15, 0.2) is 0 Å². The summed E-state index contributed by atoms with van der Waals surface area (Å²) >= 11 is 0. The van der Waals surface area contributed by atoms with Crippen molar-refractivity contribution in [3.8, 4) is 17.2 Å². The second-order valence-electron chi connectivity index (χ2n) is 6.08. The third-order valence-corrected chi connectivity index (χ3v) is 4.38. The molecule has 1 heterocycles. The van der Waals surface area contributed by atoms with Gasteiger partial charge in [0.1, 0.15) is 17.2 Å². The molecule has 0 bridgehead atoms. The van der Waals surface area contributed by atoms with Gasteiger partial charge in [-0.05, 0) is 60.5 Å². The lowest BCUT2D eigenvalue weighted by Gasteiger charge is -2.26. The van der Waals surface area contributed by atoms with Crippen molar-refractivity contribution < 1.29 is 9.84 Å². The van der Waals surface area contributed by atoms with E-state index in [-0.39, 0.29) is 6.04 Å². The molecule has 4 rings (SSSR count). The van der Waals surface area contributed by atoms with E-state index < -0.39 is 0 Å². The fourth-order valence-corrected chi connectivity index (χ4v) is 3.14. The van der Waals surface area contributed by atoms with Crippen molar-refractivity contribution in [1.82, 2.24) is 5.43 Å². The maximum Gasteiger partial charge on any atom is 0.127 e. The summed E-state index contributed by atoms with van der Waals surface area (Å²) < 4.78 is 5.85. The van der Waals surface area contributed by atoms with Gasteiger partial charge in [0.25, 0.3) is 0 Å². The Kier molecular flexibility index (Phi) is 4.27. The number of hydrogen-bond acceptors (Lipinski definition) is 4. The first-order valence-electron chi connectivity index (χ1n) is 8.44. The number of hydrazine groups is 1. The number of benzene rings is 3. The van der Waals surface area contributed by atoms with Crippen LogP contribution in [0.5, 0.6) is 17.2 Å². The van der Waals surface area contributed by atoms with Crippen LogP contribution in [0.4, 0.5) is 5.69 Å². The van der Waals surface area contributed by atoms with Crippen LogP contribution in [0.2, 0.25) is 0 Å². The van der Waals surface area contributed by atoms with Crippen molar-refractivity contribution in [2.75, 3.05) is 11.6 Å². The Balaban J connectivity index is 1.51. The lowest BCUT2D eigenvalue weighted by atomic mass is 10.0. The minimum absolute atomic E-state index is 0.251. The highest BCUT2D eigenvalue weighted by molar-refractivity contribution is 5.52. The van der Waals surface area contributed by atoms with Crippen LogP contribution in [0.1, 0.15) is 18.0 Å². The number of aromatic hydroxyl groups is 1. The van der Waals surface area contributed by atoms with E-state index in [1.54, 1.807) is 12.1 Å². The van der Waals surface area contributed by atoms with E-state index in [1.165, 1.54) is 5.56 Å². The largest absolute Gasteiger partial charge is 0.508 e. The molecule has 0 aliphatic carbocycles. The van der Waals surface area contributed by atoms with Gasteiger partial charge in [-0.3, -0.25) is 0 Å². The molecule has 3 aromatic rings. The molecule has 1 unspecified atom stereocenters. The van der Waals surface area contributed by atoms with Crippen LogP contribution in [-0.4, -0.2) is 11.7 Å². The average molecular weight is 332 g/mol. The summed E-state index contributed by atoms with van der Waals surface area (Å²) in [6.45, 7) is 0.924. The molecule has 25 heavy (non-hydrogen) atoms. The van der Waals surface area contributed by atoms with E-state index in [0.717, 1.165) is 30.2 Å². The van der Waals surface area contributed by atoms with Crippen LogP contribution in [0.15, 0.2) is 78.9 Å². The number of phenolic OH excluding ortho intramolecular Hbond substituents is 1. The van der Waals surface area contributed by atoms with E-state index in [2.05, 4.69) is 22.6 Å². The Morgan fingerprint density at radius 1 is 0.840 bits per heavy atom. The Bertz CT molecular complexity index is 817. The molecule has 1 saturated heterocycles. The lowest BCUT2D eigenvalue weighted by molar-refractivity contribution is 0.474. The van der Waals surface area contributed by atoms with Crippen LogP contribution < -0.4 is 15.2 Å². The summed E-state index contributed by atoms with van der Waals surface area (Å²) in [6, 6.07) is 25.5. The van der Waals surface area contributed by atoms with Gasteiger partial charge in [-0.25, -0.2) is 5.43 Å². The van der Waals surface area contributed by atoms with Gasteiger partial charge < -0.3 is 14.9 Å². The zero-order valence-electron chi connectivity index (χ0n) is 13.8. The van der Waals surface area contributed by atoms with Gasteiger partial charge in [0, 0.05) is 6.54 Å². The summed E-state index contributed by atoms with van der Waals surface area (Å²) in [4.78, 5) is 0. The minimum Gasteiger partial charge on any atom is -0.508 e. The average Bonchev–Trinajstić information content (AvgIpc) is 3.14.